The molecule has 0 radical (unpaired) electrons. The van der Waals surface area contributed by atoms with Gasteiger partial charge in [0, 0.05) is 18.3 Å². The second-order valence-electron chi connectivity index (χ2n) is 2.00. The third kappa shape index (κ3) is 1.37. The van der Waals surface area contributed by atoms with Gasteiger partial charge in [-0.05, 0) is 12.5 Å². The second kappa shape index (κ2) is 3.06. The molecule has 0 saturated heterocycles. The molecule has 0 N–H and O–H groups in total. The molecule has 1 heterocycles. The van der Waals surface area contributed by atoms with Gasteiger partial charge in [0.2, 0.25) is 0 Å². The fraction of sp³-hybridized carbons (Fsp3) is 0.286. The van der Waals surface area contributed by atoms with Crippen molar-refractivity contribution in [2.45, 2.75) is 13.3 Å². The van der Waals surface area contributed by atoms with Gasteiger partial charge in [-0.25, -0.2) is 9.97 Å². The first-order chi connectivity index (χ1) is 4.84. The summed E-state index contributed by atoms with van der Waals surface area (Å²) < 4.78 is 0. The number of carbonyl (C=O) groups is 1. The fourth-order valence-corrected chi connectivity index (χ4v) is 0.710. The Kier molecular flexibility index (Phi) is 2.10. The third-order valence-corrected chi connectivity index (χ3v) is 1.32. The average Bonchev–Trinajstić information content (AvgIpc) is 1.94. The van der Waals surface area contributed by atoms with Crippen molar-refractivity contribution in [3.05, 3.63) is 23.8 Å². The summed E-state index contributed by atoms with van der Waals surface area (Å²) in [6, 6.07) is 0. The van der Waals surface area contributed by atoms with E-state index in [4.69, 9.17) is 0 Å². The van der Waals surface area contributed by atoms with Crippen LogP contribution in [0.4, 0.5) is 0 Å². The molecule has 1 aromatic rings. The highest BCUT2D eigenvalue weighted by Gasteiger charge is 1.95. The largest absolute Gasteiger partial charge is 0.303 e. The topological polar surface area (TPSA) is 42.9 Å². The number of nitrogens with zero attached hydrogens (tertiary/aromatic N) is 2. The van der Waals surface area contributed by atoms with Gasteiger partial charge in [0.15, 0.2) is 0 Å². The van der Waals surface area contributed by atoms with Crippen LogP contribution in [0.15, 0.2) is 12.5 Å². The van der Waals surface area contributed by atoms with Crippen molar-refractivity contribution in [2.75, 3.05) is 0 Å². The summed E-state index contributed by atoms with van der Waals surface area (Å²) in [6.45, 7) is 1.86. The van der Waals surface area contributed by atoms with E-state index in [-0.39, 0.29) is 0 Å². The minimum Gasteiger partial charge on any atom is -0.303 e. The quantitative estimate of drug-likeness (QED) is 0.557. The Labute approximate surface area is 59.1 Å². The zero-order valence-corrected chi connectivity index (χ0v) is 5.74. The number of aromatic nitrogens is 2. The highest BCUT2D eigenvalue weighted by atomic mass is 16.1. The number of aldehydes is 1. The zero-order chi connectivity index (χ0) is 7.40. The van der Waals surface area contributed by atoms with Crippen molar-refractivity contribution in [1.82, 2.24) is 9.97 Å². The van der Waals surface area contributed by atoms with Crippen molar-refractivity contribution in [1.29, 1.82) is 0 Å². The molecule has 0 fully saturated rings. The molecule has 3 nitrogen and oxygen atoms in total. The van der Waals surface area contributed by atoms with E-state index in [0.29, 0.717) is 6.42 Å². The summed E-state index contributed by atoms with van der Waals surface area (Å²) in [5.41, 5.74) is 1.78. The van der Waals surface area contributed by atoms with Crippen molar-refractivity contribution < 1.29 is 4.79 Å². The van der Waals surface area contributed by atoms with Gasteiger partial charge >= 0.3 is 0 Å². The lowest BCUT2D eigenvalue weighted by Crippen LogP contribution is -1.93. The van der Waals surface area contributed by atoms with Crippen LogP contribution < -0.4 is 0 Å². The molecule has 0 amide bonds. The average molecular weight is 136 g/mol. The van der Waals surface area contributed by atoms with E-state index in [1.165, 1.54) is 6.33 Å². The SMILES string of the molecule is Cc1ncncc1CC=O. The molecule has 0 aromatic carbocycles. The number of hydrogen-bond donors (Lipinski definition) is 0. The van der Waals surface area contributed by atoms with E-state index in [0.717, 1.165) is 17.5 Å². The molecule has 0 atom stereocenters. The van der Waals surface area contributed by atoms with Gasteiger partial charge in [0.05, 0.1) is 0 Å². The van der Waals surface area contributed by atoms with E-state index in [1.54, 1.807) is 6.20 Å². The normalized spacial score (nSPS) is 9.30. The molecule has 0 aliphatic heterocycles. The number of hydrogen-bond acceptors (Lipinski definition) is 3. The van der Waals surface area contributed by atoms with Gasteiger partial charge in [-0.15, -0.1) is 0 Å². The first kappa shape index (κ1) is 6.86. The summed E-state index contributed by atoms with van der Waals surface area (Å²) in [4.78, 5) is 17.8. The smallest absolute Gasteiger partial charge is 0.124 e. The van der Waals surface area contributed by atoms with Crippen LogP contribution in [0.1, 0.15) is 11.3 Å². The Balaban J connectivity index is 2.91. The number of aryl methyl sites for hydroxylation is 1. The van der Waals surface area contributed by atoms with Gasteiger partial charge in [-0.3, -0.25) is 0 Å². The van der Waals surface area contributed by atoms with Crippen LogP contribution in [-0.4, -0.2) is 16.3 Å². The van der Waals surface area contributed by atoms with Crippen molar-refractivity contribution in [3.63, 3.8) is 0 Å². The van der Waals surface area contributed by atoms with Gasteiger partial charge < -0.3 is 4.79 Å². The highest BCUT2D eigenvalue weighted by molar-refractivity contribution is 5.54. The lowest BCUT2D eigenvalue weighted by molar-refractivity contribution is -0.107. The van der Waals surface area contributed by atoms with Crippen LogP contribution in [-0.2, 0) is 11.2 Å². The predicted octanol–water partition coefficient (Wildman–Crippen LogP) is 0.526. The first-order valence-corrected chi connectivity index (χ1v) is 3.03. The molecule has 0 aliphatic carbocycles. The van der Waals surface area contributed by atoms with E-state index in [1.807, 2.05) is 6.92 Å². The van der Waals surface area contributed by atoms with Crippen LogP contribution in [0.25, 0.3) is 0 Å². The van der Waals surface area contributed by atoms with Crippen LogP contribution >= 0.6 is 0 Å². The standard InChI is InChI=1S/C7H8N2O/c1-6-7(2-3-10)4-8-5-9-6/h3-5H,2H2,1H3. The molecule has 3 heteroatoms. The Morgan fingerprint density at radius 1 is 1.70 bits per heavy atom. The van der Waals surface area contributed by atoms with Crippen LogP contribution in [0.5, 0.6) is 0 Å². The molecule has 1 aromatic heterocycles. The molecule has 1 rings (SSSR count). The van der Waals surface area contributed by atoms with Gasteiger partial charge in [0.25, 0.3) is 0 Å². The van der Waals surface area contributed by atoms with E-state index in [9.17, 15) is 4.79 Å². The minimum absolute atomic E-state index is 0.409. The molecule has 0 bridgehead atoms. The second-order valence-corrected chi connectivity index (χ2v) is 2.00. The Morgan fingerprint density at radius 3 is 3.10 bits per heavy atom. The Morgan fingerprint density at radius 2 is 2.50 bits per heavy atom. The molecular formula is C7H8N2O. The molecular weight excluding hydrogens is 128 g/mol. The van der Waals surface area contributed by atoms with E-state index in [2.05, 4.69) is 9.97 Å². The maximum atomic E-state index is 10.1. The number of carbonyl (C=O) groups excluding carboxylic acids is 1. The minimum atomic E-state index is 0.409. The Hall–Kier alpha value is -1.25. The lowest BCUT2D eigenvalue weighted by atomic mass is 10.2. The predicted molar refractivity (Wildman–Crippen MR) is 36.5 cm³/mol. The van der Waals surface area contributed by atoms with Crippen LogP contribution in [0.3, 0.4) is 0 Å². The van der Waals surface area contributed by atoms with Crippen molar-refractivity contribution >= 4 is 6.29 Å². The third-order valence-electron chi connectivity index (χ3n) is 1.32. The summed E-state index contributed by atoms with van der Waals surface area (Å²) in [5.74, 6) is 0. The van der Waals surface area contributed by atoms with Crippen LogP contribution in [0.2, 0.25) is 0 Å². The summed E-state index contributed by atoms with van der Waals surface area (Å²) in [6.07, 6.45) is 4.40. The summed E-state index contributed by atoms with van der Waals surface area (Å²) in [7, 11) is 0. The van der Waals surface area contributed by atoms with Crippen molar-refractivity contribution in [2.24, 2.45) is 0 Å². The Bertz CT molecular complexity index is 235. The first-order valence-electron chi connectivity index (χ1n) is 3.03. The van der Waals surface area contributed by atoms with Crippen molar-refractivity contribution in [3.8, 4) is 0 Å². The fourth-order valence-electron chi connectivity index (χ4n) is 0.710. The molecule has 0 spiro atoms. The molecule has 0 unspecified atom stereocenters. The van der Waals surface area contributed by atoms with Gasteiger partial charge in [-0.2, -0.15) is 0 Å². The zero-order valence-electron chi connectivity index (χ0n) is 5.74. The lowest BCUT2D eigenvalue weighted by Gasteiger charge is -1.95. The monoisotopic (exact) mass is 136 g/mol. The summed E-state index contributed by atoms with van der Waals surface area (Å²) in [5, 5.41) is 0. The highest BCUT2D eigenvalue weighted by Crippen LogP contribution is 1.99. The van der Waals surface area contributed by atoms with E-state index < -0.39 is 0 Å². The number of rotatable bonds is 2. The molecule has 10 heavy (non-hydrogen) atoms. The maximum Gasteiger partial charge on any atom is 0.124 e. The summed E-state index contributed by atoms with van der Waals surface area (Å²) >= 11 is 0. The molecule has 0 saturated carbocycles. The van der Waals surface area contributed by atoms with Gasteiger partial charge in [-0.1, -0.05) is 0 Å². The molecule has 52 valence electrons. The molecule has 0 aliphatic rings. The van der Waals surface area contributed by atoms with Crippen LogP contribution in [0, 0.1) is 6.92 Å². The maximum absolute atomic E-state index is 10.1. The van der Waals surface area contributed by atoms with Gasteiger partial charge in [0.1, 0.15) is 12.6 Å². The van der Waals surface area contributed by atoms with E-state index >= 15 is 0 Å².